The fourth-order valence-corrected chi connectivity index (χ4v) is 3.00. The van der Waals surface area contributed by atoms with Gasteiger partial charge in [0.05, 0.1) is 38.4 Å². The van der Waals surface area contributed by atoms with Gasteiger partial charge in [-0.2, -0.15) is 5.26 Å². The van der Waals surface area contributed by atoms with E-state index in [-0.39, 0.29) is 12.5 Å². The van der Waals surface area contributed by atoms with Crippen molar-refractivity contribution in [1.82, 2.24) is 9.88 Å². The Hall–Kier alpha value is -3.27. The predicted octanol–water partition coefficient (Wildman–Crippen LogP) is 3.36. The number of methoxy groups -OCH3 is 1. The molecule has 140 valence electrons. The van der Waals surface area contributed by atoms with Crippen molar-refractivity contribution in [2.24, 2.45) is 0 Å². The minimum absolute atomic E-state index is 0.198. The summed E-state index contributed by atoms with van der Waals surface area (Å²) in [4.78, 5) is 18.8. The van der Waals surface area contributed by atoms with E-state index in [4.69, 9.17) is 14.7 Å². The van der Waals surface area contributed by atoms with Crippen molar-refractivity contribution in [3.63, 3.8) is 0 Å². The average molecular weight is 366 g/mol. The fourth-order valence-electron chi connectivity index (χ4n) is 3.00. The number of hydrogen-bond donors (Lipinski definition) is 1. The maximum absolute atomic E-state index is 12.8. The van der Waals surface area contributed by atoms with Crippen molar-refractivity contribution in [3.8, 4) is 17.6 Å². The van der Waals surface area contributed by atoms with E-state index >= 15 is 0 Å². The van der Waals surface area contributed by atoms with Crippen LogP contribution >= 0.6 is 0 Å². The predicted molar refractivity (Wildman–Crippen MR) is 101 cm³/mol. The molecule has 0 fully saturated rings. The zero-order valence-corrected chi connectivity index (χ0v) is 15.7. The molecule has 0 atom stereocenters. The smallest absolute Gasteiger partial charge is 0.323 e. The highest BCUT2D eigenvalue weighted by molar-refractivity contribution is 5.88. The summed E-state index contributed by atoms with van der Waals surface area (Å²) in [6, 6.07) is 12.6. The number of ether oxygens (including phenoxy) is 2. The molecule has 0 saturated carbocycles. The summed E-state index contributed by atoms with van der Waals surface area (Å²) >= 11 is 0. The third-order valence-electron chi connectivity index (χ3n) is 4.18. The number of aromatic nitrogens is 1. The lowest BCUT2D eigenvalue weighted by Gasteiger charge is -2.29. The number of benzene rings is 1. The van der Waals surface area contributed by atoms with Gasteiger partial charge in [0.15, 0.2) is 0 Å². The lowest BCUT2D eigenvalue weighted by Crippen LogP contribution is -2.44. The molecule has 0 radical (unpaired) electrons. The third-order valence-corrected chi connectivity index (χ3v) is 4.18. The molecule has 1 N–H and O–H groups in total. The van der Waals surface area contributed by atoms with E-state index in [1.165, 1.54) is 0 Å². The van der Waals surface area contributed by atoms with E-state index in [1.54, 1.807) is 30.2 Å². The highest BCUT2D eigenvalue weighted by atomic mass is 16.5. The highest BCUT2D eigenvalue weighted by Crippen LogP contribution is 2.32. The van der Waals surface area contributed by atoms with E-state index in [0.717, 1.165) is 5.56 Å². The molecule has 1 aliphatic heterocycles. The number of carbonyl (C=O) groups is 1. The molecule has 0 saturated heterocycles. The van der Waals surface area contributed by atoms with Gasteiger partial charge in [-0.3, -0.25) is 5.32 Å². The number of amides is 2. The minimum atomic E-state index is -0.564. The topological polar surface area (TPSA) is 87.5 Å². The minimum Gasteiger partial charge on any atom is -0.497 e. The first-order valence-corrected chi connectivity index (χ1v) is 8.65. The maximum Gasteiger partial charge on any atom is 0.323 e. The van der Waals surface area contributed by atoms with Gasteiger partial charge in [0.2, 0.25) is 0 Å². The number of fused-ring (bicyclic) bond motifs is 1. The van der Waals surface area contributed by atoms with Crippen LogP contribution in [0.15, 0.2) is 36.4 Å². The van der Waals surface area contributed by atoms with Crippen LogP contribution in [-0.4, -0.2) is 35.2 Å². The van der Waals surface area contributed by atoms with Gasteiger partial charge in [0.25, 0.3) is 0 Å². The molecule has 1 aromatic carbocycles. The van der Waals surface area contributed by atoms with Gasteiger partial charge < -0.3 is 14.4 Å². The van der Waals surface area contributed by atoms with Crippen LogP contribution in [0.3, 0.4) is 0 Å². The molecular formula is C20H22N4O3. The lowest BCUT2D eigenvalue weighted by atomic mass is 10.1. The van der Waals surface area contributed by atoms with E-state index in [9.17, 15) is 4.79 Å². The second-order valence-electron chi connectivity index (χ2n) is 6.97. The number of urea groups is 1. The first-order chi connectivity index (χ1) is 12.9. The number of nitriles is 1. The number of nitrogens with zero attached hydrogens (tertiary/aromatic N) is 3. The molecule has 2 heterocycles. The normalized spacial score (nSPS) is 15.0. The van der Waals surface area contributed by atoms with Crippen LogP contribution in [-0.2, 0) is 13.0 Å². The number of nitrogens with one attached hydrogen (secondary N) is 1. The molecule has 2 aromatic rings. The first kappa shape index (κ1) is 18.5. The second-order valence-corrected chi connectivity index (χ2v) is 6.97. The van der Waals surface area contributed by atoms with Crippen LogP contribution in [0.4, 0.5) is 10.6 Å². The van der Waals surface area contributed by atoms with Gasteiger partial charge in [-0.1, -0.05) is 6.07 Å². The van der Waals surface area contributed by atoms with Crippen LogP contribution in [0.1, 0.15) is 25.1 Å². The Morgan fingerprint density at radius 3 is 2.96 bits per heavy atom. The van der Waals surface area contributed by atoms with E-state index in [2.05, 4.69) is 16.4 Å². The van der Waals surface area contributed by atoms with Crippen molar-refractivity contribution in [3.05, 3.63) is 47.7 Å². The van der Waals surface area contributed by atoms with Crippen molar-refractivity contribution in [1.29, 1.82) is 5.26 Å². The van der Waals surface area contributed by atoms with Crippen LogP contribution < -0.4 is 14.8 Å². The van der Waals surface area contributed by atoms with Crippen LogP contribution in [0.25, 0.3) is 0 Å². The summed E-state index contributed by atoms with van der Waals surface area (Å²) in [5.41, 5.74) is 0.959. The number of anilines is 1. The second kappa shape index (κ2) is 7.54. The quantitative estimate of drug-likeness (QED) is 0.900. The third kappa shape index (κ3) is 4.47. The molecule has 0 bridgehead atoms. The SMILES string of the molecule is COc1ccc2c(c1)OC(C)(C)CN(C(=O)Nc1cccc(CC#N)n1)C2. The highest BCUT2D eigenvalue weighted by Gasteiger charge is 2.32. The average Bonchev–Trinajstić information content (AvgIpc) is 2.76. The Labute approximate surface area is 158 Å². The monoisotopic (exact) mass is 366 g/mol. The summed E-state index contributed by atoms with van der Waals surface area (Å²) in [6.07, 6.45) is 0.198. The van der Waals surface area contributed by atoms with E-state index < -0.39 is 5.60 Å². The summed E-state index contributed by atoms with van der Waals surface area (Å²) in [7, 11) is 1.61. The van der Waals surface area contributed by atoms with Gasteiger partial charge in [-0.15, -0.1) is 0 Å². The van der Waals surface area contributed by atoms with Gasteiger partial charge in [-0.05, 0) is 38.1 Å². The molecule has 0 unspecified atom stereocenters. The Morgan fingerprint density at radius 1 is 1.41 bits per heavy atom. The Bertz CT molecular complexity index is 889. The van der Waals surface area contributed by atoms with Crippen molar-refractivity contribution < 1.29 is 14.3 Å². The maximum atomic E-state index is 12.8. The van der Waals surface area contributed by atoms with E-state index in [1.807, 2.05) is 32.0 Å². The fraction of sp³-hybridized carbons (Fsp3) is 0.350. The number of pyridine rings is 1. The summed E-state index contributed by atoms with van der Waals surface area (Å²) in [5, 5.41) is 11.6. The number of carbonyl (C=O) groups excluding carboxylic acids is 1. The summed E-state index contributed by atoms with van der Waals surface area (Å²) < 4.78 is 11.4. The van der Waals surface area contributed by atoms with Crippen LogP contribution in [0.2, 0.25) is 0 Å². The Kier molecular flexibility index (Phi) is 5.17. The van der Waals surface area contributed by atoms with Gasteiger partial charge in [0.1, 0.15) is 22.9 Å². The molecular weight excluding hydrogens is 344 g/mol. The molecule has 2 amide bonds. The largest absolute Gasteiger partial charge is 0.497 e. The zero-order valence-electron chi connectivity index (χ0n) is 15.7. The summed E-state index contributed by atoms with van der Waals surface area (Å²) in [5.74, 6) is 1.84. The standard InChI is InChI=1S/C20H22N4O3/c1-20(2)13-24(12-14-7-8-16(26-3)11-17(14)27-20)19(25)23-18-6-4-5-15(22-18)9-10-21/h4-8,11H,9,12-13H2,1-3H3,(H,22,23,25). The van der Waals surface area contributed by atoms with Gasteiger partial charge >= 0.3 is 6.03 Å². The molecule has 27 heavy (non-hydrogen) atoms. The molecule has 7 heteroatoms. The van der Waals surface area contributed by atoms with Crippen molar-refractivity contribution in [2.75, 3.05) is 19.0 Å². The molecule has 0 spiro atoms. The van der Waals surface area contributed by atoms with Gasteiger partial charge in [-0.25, -0.2) is 9.78 Å². The zero-order chi connectivity index (χ0) is 19.4. The number of hydrogen-bond acceptors (Lipinski definition) is 5. The summed E-state index contributed by atoms with van der Waals surface area (Å²) in [6.45, 7) is 4.70. The Balaban J connectivity index is 1.81. The van der Waals surface area contributed by atoms with Crippen LogP contribution in [0, 0.1) is 11.3 Å². The van der Waals surface area contributed by atoms with Crippen molar-refractivity contribution in [2.45, 2.75) is 32.4 Å². The molecule has 7 nitrogen and oxygen atoms in total. The molecule has 1 aromatic heterocycles. The van der Waals surface area contributed by atoms with Crippen molar-refractivity contribution >= 4 is 11.8 Å². The molecule has 0 aliphatic carbocycles. The van der Waals surface area contributed by atoms with Gasteiger partial charge in [0, 0.05) is 11.6 Å². The molecule has 3 rings (SSSR count). The number of rotatable bonds is 3. The lowest BCUT2D eigenvalue weighted by molar-refractivity contribution is 0.0833. The first-order valence-electron chi connectivity index (χ1n) is 8.65. The van der Waals surface area contributed by atoms with Crippen LogP contribution in [0.5, 0.6) is 11.5 Å². The Morgan fingerprint density at radius 2 is 2.22 bits per heavy atom. The van der Waals surface area contributed by atoms with E-state index in [0.29, 0.717) is 36.1 Å². The molecule has 1 aliphatic rings.